The monoisotopic (exact) mass is 314 g/mol. The first kappa shape index (κ1) is 14.8. The van der Waals surface area contributed by atoms with Crippen LogP contribution in [-0.4, -0.2) is 32.8 Å². The van der Waals surface area contributed by atoms with Crippen LogP contribution in [0, 0.1) is 5.82 Å². The number of benzene rings is 1. The van der Waals surface area contributed by atoms with Crippen LogP contribution in [0.25, 0.3) is 0 Å². The van der Waals surface area contributed by atoms with Crippen molar-refractivity contribution in [3.63, 3.8) is 0 Å². The molecule has 0 spiro atoms. The highest BCUT2D eigenvalue weighted by Gasteiger charge is 2.30. The van der Waals surface area contributed by atoms with Crippen LogP contribution in [0.4, 0.5) is 4.39 Å². The third kappa shape index (κ3) is 2.67. The lowest BCUT2D eigenvalue weighted by molar-refractivity contribution is 0.156. The van der Waals surface area contributed by atoms with Crippen molar-refractivity contribution in [3.05, 3.63) is 47.3 Å². The van der Waals surface area contributed by atoms with Crippen LogP contribution in [0.5, 0.6) is 0 Å². The molecule has 4 nitrogen and oxygen atoms in total. The Bertz CT molecular complexity index is 688. The molecule has 0 saturated carbocycles. The van der Waals surface area contributed by atoms with Crippen molar-refractivity contribution in [1.29, 1.82) is 0 Å². The fourth-order valence-corrected chi connectivity index (χ4v) is 4.03. The van der Waals surface area contributed by atoms with Gasteiger partial charge in [-0.15, -0.1) is 10.2 Å². The predicted octanol–water partition coefficient (Wildman–Crippen LogP) is 3.30. The van der Waals surface area contributed by atoms with Gasteiger partial charge in [0.25, 0.3) is 0 Å². The molecule has 3 heterocycles. The second-order valence-electron chi connectivity index (χ2n) is 6.74. The summed E-state index contributed by atoms with van der Waals surface area (Å²) in [6.45, 7) is 5.15. The van der Waals surface area contributed by atoms with Crippen LogP contribution >= 0.6 is 0 Å². The van der Waals surface area contributed by atoms with Gasteiger partial charge in [0.1, 0.15) is 17.5 Å². The fraction of sp³-hybridized carbons (Fsp3) is 0.556. The number of aromatic nitrogens is 3. The molecule has 5 heteroatoms. The first-order valence-corrected chi connectivity index (χ1v) is 8.64. The maximum Gasteiger partial charge on any atom is 0.136 e. The Morgan fingerprint density at radius 1 is 1.13 bits per heavy atom. The molecule has 23 heavy (non-hydrogen) atoms. The molecule has 4 rings (SSSR count). The number of aryl methyl sites for hydroxylation is 1. The summed E-state index contributed by atoms with van der Waals surface area (Å²) >= 11 is 0. The van der Waals surface area contributed by atoms with Gasteiger partial charge in [0.05, 0.1) is 0 Å². The topological polar surface area (TPSA) is 34.0 Å². The van der Waals surface area contributed by atoms with Crippen LogP contribution in [0.3, 0.4) is 0 Å². The van der Waals surface area contributed by atoms with Crippen molar-refractivity contribution in [3.8, 4) is 0 Å². The minimum absolute atomic E-state index is 0.0996. The Morgan fingerprint density at radius 3 is 2.70 bits per heavy atom. The standard InChI is InChI=1S/C18H23FN4/c1-13(15-5-2-3-6-16(15)19)22-11-8-14(9-12-22)18-21-20-17-7-4-10-23(17)18/h2-3,5-6,13-14H,4,7-12H2,1H3/t13-/m0/s1. The molecule has 0 unspecified atom stereocenters. The quantitative estimate of drug-likeness (QED) is 0.871. The van der Waals surface area contributed by atoms with Crippen molar-refractivity contribution in [1.82, 2.24) is 19.7 Å². The highest BCUT2D eigenvalue weighted by molar-refractivity contribution is 5.21. The van der Waals surface area contributed by atoms with Crippen LogP contribution in [-0.2, 0) is 13.0 Å². The van der Waals surface area contributed by atoms with E-state index in [1.807, 2.05) is 12.1 Å². The number of piperidine rings is 1. The van der Waals surface area contributed by atoms with Crippen LogP contribution in [0.2, 0.25) is 0 Å². The molecule has 0 aliphatic carbocycles. The van der Waals surface area contributed by atoms with Gasteiger partial charge in [0.15, 0.2) is 0 Å². The fourth-order valence-electron chi connectivity index (χ4n) is 4.03. The maximum absolute atomic E-state index is 14.0. The van der Waals surface area contributed by atoms with E-state index >= 15 is 0 Å². The zero-order valence-corrected chi connectivity index (χ0v) is 13.6. The Kier molecular flexibility index (Phi) is 3.89. The van der Waals surface area contributed by atoms with Gasteiger partial charge in [0, 0.05) is 30.5 Å². The first-order valence-electron chi connectivity index (χ1n) is 8.64. The highest BCUT2D eigenvalue weighted by Crippen LogP contribution is 2.33. The predicted molar refractivity (Wildman–Crippen MR) is 86.7 cm³/mol. The van der Waals surface area contributed by atoms with E-state index in [0.717, 1.165) is 50.3 Å². The molecular weight excluding hydrogens is 291 g/mol. The van der Waals surface area contributed by atoms with Crippen LogP contribution in [0.1, 0.15) is 55.4 Å². The normalized spacial score (nSPS) is 20.6. The number of rotatable bonds is 3. The molecule has 0 amide bonds. The molecule has 1 saturated heterocycles. The lowest BCUT2D eigenvalue weighted by Crippen LogP contribution is -2.36. The van der Waals surface area contributed by atoms with Gasteiger partial charge in [-0.25, -0.2) is 4.39 Å². The minimum atomic E-state index is -0.0996. The average molecular weight is 314 g/mol. The van der Waals surface area contributed by atoms with Crippen LogP contribution < -0.4 is 0 Å². The Morgan fingerprint density at radius 2 is 1.91 bits per heavy atom. The van der Waals surface area contributed by atoms with Crippen molar-refractivity contribution in [2.75, 3.05) is 13.1 Å². The Labute approximate surface area is 136 Å². The summed E-state index contributed by atoms with van der Waals surface area (Å²) in [5.74, 6) is 2.73. The molecule has 0 radical (unpaired) electrons. The lowest BCUT2D eigenvalue weighted by atomic mass is 9.93. The number of nitrogens with zero attached hydrogens (tertiary/aromatic N) is 4. The van der Waals surface area contributed by atoms with Gasteiger partial charge in [-0.3, -0.25) is 4.90 Å². The second kappa shape index (κ2) is 6.04. The third-order valence-electron chi connectivity index (χ3n) is 5.44. The average Bonchev–Trinajstić information content (AvgIpc) is 3.18. The summed E-state index contributed by atoms with van der Waals surface area (Å²) in [5, 5.41) is 8.77. The molecule has 2 aromatic rings. The molecule has 1 atom stereocenters. The summed E-state index contributed by atoms with van der Waals surface area (Å²) in [6.07, 6.45) is 4.42. The summed E-state index contributed by atoms with van der Waals surface area (Å²) < 4.78 is 16.3. The molecule has 1 aromatic heterocycles. The molecule has 2 aliphatic rings. The van der Waals surface area contributed by atoms with Gasteiger partial charge in [-0.05, 0) is 45.3 Å². The minimum Gasteiger partial charge on any atom is -0.315 e. The van der Waals surface area contributed by atoms with Crippen molar-refractivity contribution in [2.45, 2.75) is 51.1 Å². The molecular formula is C18H23FN4. The third-order valence-corrected chi connectivity index (χ3v) is 5.44. The van der Waals surface area contributed by atoms with Crippen molar-refractivity contribution in [2.24, 2.45) is 0 Å². The van der Waals surface area contributed by atoms with E-state index in [1.165, 1.54) is 12.2 Å². The largest absolute Gasteiger partial charge is 0.315 e. The molecule has 1 aromatic carbocycles. The first-order chi connectivity index (χ1) is 11.2. The summed E-state index contributed by atoms with van der Waals surface area (Å²) in [5.41, 5.74) is 0.800. The Hall–Kier alpha value is -1.75. The van der Waals surface area contributed by atoms with Crippen molar-refractivity contribution >= 4 is 0 Å². The molecule has 0 N–H and O–H groups in total. The number of hydrogen-bond acceptors (Lipinski definition) is 3. The smallest absolute Gasteiger partial charge is 0.136 e. The zero-order valence-electron chi connectivity index (χ0n) is 13.6. The van der Waals surface area contributed by atoms with E-state index in [-0.39, 0.29) is 11.9 Å². The lowest BCUT2D eigenvalue weighted by Gasteiger charge is -2.36. The summed E-state index contributed by atoms with van der Waals surface area (Å²) in [4.78, 5) is 2.39. The van der Waals surface area contributed by atoms with E-state index in [0.29, 0.717) is 5.92 Å². The van der Waals surface area contributed by atoms with E-state index in [2.05, 4.69) is 26.6 Å². The van der Waals surface area contributed by atoms with Gasteiger partial charge >= 0.3 is 0 Å². The van der Waals surface area contributed by atoms with E-state index < -0.39 is 0 Å². The van der Waals surface area contributed by atoms with Crippen molar-refractivity contribution < 1.29 is 4.39 Å². The van der Waals surface area contributed by atoms with Gasteiger partial charge < -0.3 is 4.57 Å². The summed E-state index contributed by atoms with van der Waals surface area (Å²) in [7, 11) is 0. The molecule has 122 valence electrons. The van der Waals surface area contributed by atoms with Gasteiger partial charge in [0.2, 0.25) is 0 Å². The van der Waals surface area contributed by atoms with Crippen LogP contribution in [0.15, 0.2) is 24.3 Å². The molecule has 1 fully saturated rings. The molecule has 2 aliphatic heterocycles. The number of hydrogen-bond donors (Lipinski definition) is 0. The maximum atomic E-state index is 14.0. The van der Waals surface area contributed by atoms with E-state index in [4.69, 9.17) is 0 Å². The van der Waals surface area contributed by atoms with Gasteiger partial charge in [-0.2, -0.15) is 0 Å². The van der Waals surface area contributed by atoms with E-state index in [9.17, 15) is 4.39 Å². The Balaban J connectivity index is 1.44. The highest BCUT2D eigenvalue weighted by atomic mass is 19.1. The number of fused-ring (bicyclic) bond motifs is 1. The summed E-state index contributed by atoms with van der Waals surface area (Å²) in [6, 6.07) is 7.25. The molecule has 0 bridgehead atoms. The number of likely N-dealkylation sites (tertiary alicyclic amines) is 1. The number of halogens is 1. The second-order valence-corrected chi connectivity index (χ2v) is 6.74. The van der Waals surface area contributed by atoms with Gasteiger partial charge in [-0.1, -0.05) is 18.2 Å². The van der Waals surface area contributed by atoms with E-state index in [1.54, 1.807) is 12.1 Å². The zero-order chi connectivity index (χ0) is 15.8. The SMILES string of the molecule is C[C@@H](c1ccccc1F)N1CCC(c2nnc3n2CCC3)CC1.